The number of fused-ring (bicyclic) bond motifs is 5. The van der Waals surface area contributed by atoms with Crippen LogP contribution in [-0.2, 0) is 30.3 Å². The first-order valence-electron chi connectivity index (χ1n) is 12.5. The normalized spacial score (nSPS) is 33.9. The number of esters is 2. The van der Waals surface area contributed by atoms with Gasteiger partial charge in [-0.25, -0.2) is 9.59 Å². The van der Waals surface area contributed by atoms with Crippen LogP contribution in [-0.4, -0.2) is 23.5 Å². The fourth-order valence-corrected chi connectivity index (χ4v) is 7.17. The molecule has 1 aromatic rings. The van der Waals surface area contributed by atoms with Crippen LogP contribution in [0.4, 0.5) is 0 Å². The van der Waals surface area contributed by atoms with Gasteiger partial charge in [-0.05, 0) is 80.8 Å². The van der Waals surface area contributed by atoms with Gasteiger partial charge in [-0.2, -0.15) is 0 Å². The number of carbonyl (C=O) groups is 3. The van der Waals surface area contributed by atoms with Crippen LogP contribution in [0.3, 0.4) is 0 Å². The van der Waals surface area contributed by atoms with E-state index in [9.17, 15) is 14.4 Å². The summed E-state index contributed by atoms with van der Waals surface area (Å²) < 4.78 is 10.1. The van der Waals surface area contributed by atoms with Crippen molar-refractivity contribution >= 4 is 17.7 Å². The number of benzene rings is 1. The monoisotopic (exact) mass is 450 g/mol. The second-order valence-corrected chi connectivity index (χ2v) is 10.9. The number of hydrogen-bond acceptors (Lipinski definition) is 5. The molecule has 176 valence electrons. The molecule has 4 aliphatic carbocycles. The van der Waals surface area contributed by atoms with Crippen LogP contribution in [0.1, 0.15) is 87.3 Å². The third kappa shape index (κ3) is 3.74. The highest BCUT2D eigenvalue weighted by atomic mass is 16.7. The van der Waals surface area contributed by atoms with Crippen molar-refractivity contribution in [2.24, 2.45) is 17.3 Å². The first kappa shape index (κ1) is 22.4. The van der Waals surface area contributed by atoms with Crippen molar-refractivity contribution in [1.29, 1.82) is 0 Å². The molecule has 4 atom stereocenters. The summed E-state index contributed by atoms with van der Waals surface area (Å²) >= 11 is 0. The van der Waals surface area contributed by atoms with Gasteiger partial charge in [0.25, 0.3) is 5.79 Å². The Balaban J connectivity index is 0.000000152. The Labute approximate surface area is 195 Å². The fraction of sp³-hybridized carbons (Fsp3) is 0.607. The minimum Gasteiger partial charge on any atom is -0.419 e. The molecule has 33 heavy (non-hydrogen) atoms. The van der Waals surface area contributed by atoms with Crippen LogP contribution in [0.15, 0.2) is 30.4 Å². The third-order valence-corrected chi connectivity index (χ3v) is 9.01. The van der Waals surface area contributed by atoms with Crippen LogP contribution < -0.4 is 0 Å². The molecular weight excluding hydrogens is 416 g/mol. The van der Waals surface area contributed by atoms with Gasteiger partial charge >= 0.3 is 11.9 Å². The predicted molar refractivity (Wildman–Crippen MR) is 123 cm³/mol. The lowest BCUT2D eigenvalue weighted by Crippen LogP contribution is -2.44. The molecule has 1 saturated heterocycles. The van der Waals surface area contributed by atoms with Gasteiger partial charge in [0.05, 0.1) is 0 Å². The predicted octanol–water partition coefficient (Wildman–Crippen LogP) is 5.33. The van der Waals surface area contributed by atoms with Crippen LogP contribution in [0.2, 0.25) is 0 Å². The highest BCUT2D eigenvalue weighted by molar-refractivity contribution is 6.14. The molecule has 4 fully saturated rings. The van der Waals surface area contributed by atoms with Crippen molar-refractivity contribution in [3.63, 3.8) is 0 Å². The zero-order chi connectivity index (χ0) is 23.4. The zero-order valence-electron chi connectivity index (χ0n) is 19.8. The van der Waals surface area contributed by atoms with Crippen LogP contribution >= 0.6 is 0 Å². The van der Waals surface area contributed by atoms with Gasteiger partial charge in [0.2, 0.25) is 0 Å². The Morgan fingerprint density at radius 1 is 0.939 bits per heavy atom. The number of aryl methyl sites for hydroxylation is 2. The van der Waals surface area contributed by atoms with Gasteiger partial charge in [-0.1, -0.05) is 37.3 Å². The van der Waals surface area contributed by atoms with Gasteiger partial charge in [0.15, 0.2) is 0 Å². The second-order valence-electron chi connectivity index (χ2n) is 10.9. The van der Waals surface area contributed by atoms with E-state index in [2.05, 4.69) is 38.6 Å². The standard InChI is InChI=1S/C19H24O.C9H10O4/c1-12-3-5-14-13(11-12)4-6-16-15(14)9-10-19(2)17(16)7-8-18(19)20;1-6-7(10)12-9(13-8(6)11)4-2-3-5-9/h3,5,11,15-17H,4,6-10H2,1-2H3;1-5H2. The Morgan fingerprint density at radius 3 is 2.33 bits per heavy atom. The van der Waals surface area contributed by atoms with E-state index in [4.69, 9.17) is 9.47 Å². The quantitative estimate of drug-likeness (QED) is 0.303. The van der Waals surface area contributed by atoms with E-state index >= 15 is 0 Å². The molecule has 1 aliphatic heterocycles. The molecule has 4 unspecified atom stereocenters. The summed E-state index contributed by atoms with van der Waals surface area (Å²) in [6, 6.07) is 7.04. The van der Waals surface area contributed by atoms with Crippen molar-refractivity contribution in [3.8, 4) is 0 Å². The van der Waals surface area contributed by atoms with E-state index in [-0.39, 0.29) is 11.0 Å². The summed E-state index contributed by atoms with van der Waals surface area (Å²) in [7, 11) is 0. The summed E-state index contributed by atoms with van der Waals surface area (Å²) in [5.41, 5.74) is 4.38. The topological polar surface area (TPSA) is 69.7 Å². The lowest BCUT2D eigenvalue weighted by atomic mass is 9.55. The molecule has 0 aromatic heterocycles. The maximum absolute atomic E-state index is 12.3. The number of hydrogen-bond donors (Lipinski definition) is 0. The van der Waals surface area contributed by atoms with E-state index in [1.54, 1.807) is 11.1 Å². The van der Waals surface area contributed by atoms with Crippen LogP contribution in [0, 0.1) is 24.2 Å². The zero-order valence-corrected chi connectivity index (χ0v) is 19.8. The van der Waals surface area contributed by atoms with Crippen molar-refractivity contribution in [1.82, 2.24) is 0 Å². The maximum Gasteiger partial charge on any atom is 0.348 e. The van der Waals surface area contributed by atoms with Crippen LogP contribution in [0.5, 0.6) is 0 Å². The summed E-state index contributed by atoms with van der Waals surface area (Å²) in [5.74, 6) is 0.448. The third-order valence-electron chi connectivity index (χ3n) is 9.01. The molecule has 0 bridgehead atoms. The summed E-state index contributed by atoms with van der Waals surface area (Å²) in [4.78, 5) is 34.6. The molecule has 0 amide bonds. The molecule has 5 aliphatic rings. The molecule has 1 heterocycles. The van der Waals surface area contributed by atoms with Crippen molar-refractivity contribution in [2.75, 3.05) is 0 Å². The van der Waals surface area contributed by atoms with Gasteiger partial charge in [0, 0.05) is 24.7 Å². The number of rotatable bonds is 0. The van der Waals surface area contributed by atoms with E-state index in [0.29, 0.717) is 24.5 Å². The first-order valence-corrected chi connectivity index (χ1v) is 12.5. The highest BCUT2D eigenvalue weighted by Gasteiger charge is 2.54. The molecule has 5 heteroatoms. The maximum atomic E-state index is 12.3. The van der Waals surface area contributed by atoms with E-state index in [1.165, 1.54) is 24.8 Å². The van der Waals surface area contributed by atoms with Gasteiger partial charge in [0.1, 0.15) is 11.4 Å². The van der Waals surface area contributed by atoms with Gasteiger partial charge in [-0.3, -0.25) is 4.79 Å². The van der Waals surface area contributed by atoms with E-state index in [1.807, 2.05) is 0 Å². The number of ketones is 1. The van der Waals surface area contributed by atoms with Crippen molar-refractivity contribution < 1.29 is 23.9 Å². The largest absolute Gasteiger partial charge is 0.419 e. The Hall–Kier alpha value is -2.43. The second kappa shape index (κ2) is 8.11. The average Bonchev–Trinajstić information content (AvgIpc) is 3.36. The smallest absolute Gasteiger partial charge is 0.348 e. The molecule has 5 nitrogen and oxygen atoms in total. The molecule has 6 rings (SSSR count). The lowest BCUT2D eigenvalue weighted by Gasteiger charge is -2.48. The molecule has 0 radical (unpaired) electrons. The Bertz CT molecular complexity index is 995. The molecular formula is C28H34O5. The minimum atomic E-state index is -0.963. The first-order chi connectivity index (χ1) is 15.7. The van der Waals surface area contributed by atoms with Crippen molar-refractivity contribution in [2.45, 2.75) is 89.8 Å². The number of ether oxygens (including phenoxy) is 2. The fourth-order valence-electron chi connectivity index (χ4n) is 7.17. The average molecular weight is 451 g/mol. The van der Waals surface area contributed by atoms with Crippen molar-refractivity contribution in [3.05, 3.63) is 47.0 Å². The summed E-state index contributed by atoms with van der Waals surface area (Å²) in [6.07, 6.45) is 9.91. The lowest BCUT2D eigenvalue weighted by molar-refractivity contribution is -0.232. The highest BCUT2D eigenvalue weighted by Crippen LogP contribution is 2.59. The molecule has 1 aromatic carbocycles. The SMILES string of the molecule is C=C1C(=O)OC2(CCCC2)OC1=O.Cc1ccc2c(c1)CCC1C2CCC2(C)C(=O)CCC12. The Kier molecular flexibility index (Phi) is 5.49. The molecule has 3 saturated carbocycles. The van der Waals surface area contributed by atoms with Gasteiger partial charge < -0.3 is 9.47 Å². The minimum absolute atomic E-state index is 0.0172. The molecule has 1 spiro atoms. The van der Waals surface area contributed by atoms with Crippen LogP contribution in [0.25, 0.3) is 0 Å². The number of carbonyl (C=O) groups excluding carboxylic acids is 3. The van der Waals surface area contributed by atoms with Gasteiger partial charge in [-0.15, -0.1) is 0 Å². The summed E-state index contributed by atoms with van der Waals surface area (Å²) in [5, 5.41) is 0. The van der Waals surface area contributed by atoms with E-state index in [0.717, 1.165) is 43.9 Å². The summed E-state index contributed by atoms with van der Waals surface area (Å²) in [6.45, 7) is 7.73. The molecule has 0 N–H and O–H groups in total. The Morgan fingerprint density at radius 2 is 1.64 bits per heavy atom. The van der Waals surface area contributed by atoms with E-state index < -0.39 is 17.7 Å². The number of Topliss-reactive ketones (excluding diaryl/α,β-unsaturated/α-hetero) is 1.